The van der Waals surface area contributed by atoms with Crippen LogP contribution >= 0.6 is 0 Å². The average molecular weight is 532 g/mol. The van der Waals surface area contributed by atoms with Gasteiger partial charge in [0, 0.05) is 25.6 Å². The van der Waals surface area contributed by atoms with Gasteiger partial charge in [-0.3, -0.25) is 13.9 Å². The largest absolute Gasteiger partial charge is 0.497 e. The first-order chi connectivity index (χ1) is 17.5. The lowest BCUT2D eigenvalue weighted by atomic mass is 10.1. The summed E-state index contributed by atoms with van der Waals surface area (Å²) < 4.78 is 31.6. The van der Waals surface area contributed by atoms with Gasteiger partial charge in [0.15, 0.2) is 0 Å². The molecule has 1 N–H and O–H groups in total. The molecule has 0 aliphatic rings. The van der Waals surface area contributed by atoms with Crippen LogP contribution < -0.4 is 14.4 Å². The van der Waals surface area contributed by atoms with E-state index < -0.39 is 16.1 Å². The van der Waals surface area contributed by atoms with Crippen LogP contribution in [0.5, 0.6) is 5.75 Å². The van der Waals surface area contributed by atoms with Crippen LogP contribution in [0, 0.1) is 6.92 Å². The second-order valence-electron chi connectivity index (χ2n) is 9.39. The summed E-state index contributed by atoms with van der Waals surface area (Å²) in [6.45, 7) is 8.12. The number of hydrogen-bond acceptors (Lipinski definition) is 5. The molecule has 2 rings (SSSR count). The van der Waals surface area contributed by atoms with Gasteiger partial charge in [0.25, 0.3) is 0 Å². The van der Waals surface area contributed by atoms with E-state index >= 15 is 0 Å². The van der Waals surface area contributed by atoms with E-state index in [0.717, 1.165) is 17.5 Å². The minimum absolute atomic E-state index is 0.00651. The fraction of sp³-hybridized carbons (Fsp3) is 0.500. The van der Waals surface area contributed by atoms with Gasteiger partial charge in [-0.1, -0.05) is 38.1 Å². The predicted octanol–water partition coefficient (Wildman–Crippen LogP) is 4.27. The summed E-state index contributed by atoms with van der Waals surface area (Å²) in [5.74, 6) is 0.279. The maximum atomic E-state index is 13.5. The van der Waals surface area contributed by atoms with Crippen LogP contribution in [-0.4, -0.2) is 57.1 Å². The molecule has 0 heterocycles. The summed E-state index contributed by atoms with van der Waals surface area (Å²) in [4.78, 5) is 28.2. The molecule has 204 valence electrons. The van der Waals surface area contributed by atoms with Crippen LogP contribution in [0.3, 0.4) is 0 Å². The molecule has 2 atom stereocenters. The highest BCUT2D eigenvalue weighted by atomic mass is 32.2. The average Bonchev–Trinajstić information content (AvgIpc) is 2.85. The van der Waals surface area contributed by atoms with Crippen molar-refractivity contribution in [1.29, 1.82) is 0 Å². The number of carbonyl (C=O) groups is 2. The predicted molar refractivity (Wildman–Crippen MR) is 148 cm³/mol. The second kappa shape index (κ2) is 14.0. The van der Waals surface area contributed by atoms with E-state index in [4.69, 9.17) is 4.74 Å². The highest BCUT2D eigenvalue weighted by Crippen LogP contribution is 2.21. The van der Waals surface area contributed by atoms with Gasteiger partial charge < -0.3 is 15.0 Å². The van der Waals surface area contributed by atoms with Crippen molar-refractivity contribution < 1.29 is 22.7 Å². The molecule has 0 unspecified atom stereocenters. The van der Waals surface area contributed by atoms with Gasteiger partial charge in [-0.05, 0) is 68.5 Å². The van der Waals surface area contributed by atoms with E-state index in [1.54, 1.807) is 18.1 Å². The van der Waals surface area contributed by atoms with Crippen LogP contribution in [0.25, 0.3) is 0 Å². The van der Waals surface area contributed by atoms with Crippen LogP contribution in [0.2, 0.25) is 0 Å². The number of nitrogens with zero attached hydrogens (tertiary/aromatic N) is 2. The van der Waals surface area contributed by atoms with Crippen molar-refractivity contribution in [2.45, 2.75) is 72.0 Å². The van der Waals surface area contributed by atoms with Crippen LogP contribution in [0.15, 0.2) is 48.5 Å². The Hall–Kier alpha value is -3.07. The lowest BCUT2D eigenvalue weighted by Gasteiger charge is -2.32. The Morgan fingerprint density at radius 3 is 2.35 bits per heavy atom. The van der Waals surface area contributed by atoms with Crippen molar-refractivity contribution in [3.05, 3.63) is 59.7 Å². The Labute approximate surface area is 222 Å². The summed E-state index contributed by atoms with van der Waals surface area (Å²) in [6, 6.07) is 14.0. The number of aryl methyl sites for hydroxylation is 1. The number of nitrogens with one attached hydrogen (secondary N) is 1. The lowest BCUT2D eigenvalue weighted by Crippen LogP contribution is -2.50. The van der Waals surface area contributed by atoms with Gasteiger partial charge in [-0.15, -0.1) is 0 Å². The molecule has 0 saturated carbocycles. The number of anilines is 1. The van der Waals surface area contributed by atoms with Gasteiger partial charge in [0.2, 0.25) is 21.8 Å². The van der Waals surface area contributed by atoms with Gasteiger partial charge in [-0.25, -0.2) is 8.42 Å². The normalized spacial score (nSPS) is 12.9. The number of benzene rings is 2. The topological polar surface area (TPSA) is 96.0 Å². The van der Waals surface area contributed by atoms with E-state index in [9.17, 15) is 18.0 Å². The van der Waals surface area contributed by atoms with Crippen molar-refractivity contribution >= 4 is 27.5 Å². The van der Waals surface area contributed by atoms with Gasteiger partial charge in [0.1, 0.15) is 11.8 Å². The van der Waals surface area contributed by atoms with E-state index in [1.807, 2.05) is 70.2 Å². The first-order valence-corrected chi connectivity index (χ1v) is 14.6. The fourth-order valence-electron chi connectivity index (χ4n) is 4.12. The van der Waals surface area contributed by atoms with Gasteiger partial charge in [0.05, 0.1) is 19.1 Å². The molecule has 0 aliphatic heterocycles. The minimum atomic E-state index is -3.53. The SMILES string of the molecule is CC[C@@H](C)NC(=O)[C@@H](CC)N(Cc1cccc(OC)c1)C(=O)CCCN(c1cccc(C)c1)S(C)(=O)=O. The maximum absolute atomic E-state index is 13.5. The Kier molecular flexibility index (Phi) is 11.4. The van der Waals surface area contributed by atoms with E-state index in [0.29, 0.717) is 24.3 Å². The van der Waals surface area contributed by atoms with Crippen molar-refractivity contribution in [2.75, 3.05) is 24.2 Å². The van der Waals surface area contributed by atoms with Crippen molar-refractivity contribution in [2.24, 2.45) is 0 Å². The molecule has 8 nitrogen and oxygen atoms in total. The quantitative estimate of drug-likeness (QED) is 0.393. The number of hydrogen-bond donors (Lipinski definition) is 1. The highest BCUT2D eigenvalue weighted by molar-refractivity contribution is 7.92. The Morgan fingerprint density at radius 1 is 1.05 bits per heavy atom. The molecule has 0 fully saturated rings. The molecule has 0 aromatic heterocycles. The summed E-state index contributed by atoms with van der Waals surface area (Å²) in [5, 5.41) is 3.00. The molecule has 0 aliphatic carbocycles. The third kappa shape index (κ3) is 9.07. The van der Waals surface area contributed by atoms with E-state index in [2.05, 4.69) is 5.32 Å². The summed E-state index contributed by atoms with van der Waals surface area (Å²) in [5.41, 5.74) is 2.37. The minimum Gasteiger partial charge on any atom is -0.497 e. The number of methoxy groups -OCH3 is 1. The monoisotopic (exact) mass is 531 g/mol. The third-order valence-electron chi connectivity index (χ3n) is 6.32. The van der Waals surface area contributed by atoms with Gasteiger partial charge >= 0.3 is 0 Å². The standard InChI is InChI=1S/C28H41N3O5S/c1-7-22(4)29-28(33)26(8-2)30(20-23-13-10-15-25(19-23)36-5)27(32)16-11-17-31(37(6,34)35)24-14-9-12-21(3)18-24/h9-10,12-15,18-19,22,26H,7-8,11,16-17,20H2,1-6H3,(H,29,33)/t22-,26-/m1/s1. The summed E-state index contributed by atoms with van der Waals surface area (Å²) in [7, 11) is -1.95. The molecule has 9 heteroatoms. The lowest BCUT2D eigenvalue weighted by molar-refractivity contribution is -0.141. The molecule has 0 saturated heterocycles. The Morgan fingerprint density at radius 2 is 1.76 bits per heavy atom. The number of ether oxygens (including phenoxy) is 1. The van der Waals surface area contributed by atoms with Gasteiger partial charge in [-0.2, -0.15) is 0 Å². The molecule has 2 aromatic rings. The summed E-state index contributed by atoms with van der Waals surface area (Å²) in [6.07, 6.45) is 2.83. The molecule has 0 radical (unpaired) electrons. The van der Waals surface area contributed by atoms with Crippen LogP contribution in [-0.2, 0) is 26.2 Å². The first-order valence-electron chi connectivity index (χ1n) is 12.8. The zero-order chi connectivity index (χ0) is 27.6. The zero-order valence-electron chi connectivity index (χ0n) is 22.9. The van der Waals surface area contributed by atoms with E-state index in [1.165, 1.54) is 10.6 Å². The number of carbonyl (C=O) groups excluding carboxylic acids is 2. The second-order valence-corrected chi connectivity index (χ2v) is 11.3. The van der Waals surface area contributed by atoms with E-state index in [-0.39, 0.29) is 37.4 Å². The Balaban J connectivity index is 2.25. The number of rotatable bonds is 14. The molecule has 0 bridgehead atoms. The van der Waals surface area contributed by atoms with Crippen molar-refractivity contribution in [3.63, 3.8) is 0 Å². The highest BCUT2D eigenvalue weighted by Gasteiger charge is 2.29. The smallest absolute Gasteiger partial charge is 0.243 e. The molecule has 0 spiro atoms. The molecule has 2 amide bonds. The molecule has 2 aromatic carbocycles. The van der Waals surface area contributed by atoms with Crippen LogP contribution in [0.1, 0.15) is 57.6 Å². The molecular weight excluding hydrogens is 490 g/mol. The number of amides is 2. The zero-order valence-corrected chi connectivity index (χ0v) is 23.7. The fourth-order valence-corrected chi connectivity index (χ4v) is 5.07. The Bertz CT molecular complexity index is 1150. The van der Waals surface area contributed by atoms with Crippen molar-refractivity contribution in [3.8, 4) is 5.75 Å². The summed E-state index contributed by atoms with van der Waals surface area (Å²) >= 11 is 0. The van der Waals surface area contributed by atoms with Crippen LogP contribution in [0.4, 0.5) is 5.69 Å². The maximum Gasteiger partial charge on any atom is 0.243 e. The molecular formula is C28H41N3O5S. The first kappa shape index (κ1) is 30.2. The number of sulfonamides is 1. The third-order valence-corrected chi connectivity index (χ3v) is 7.51. The van der Waals surface area contributed by atoms with Crippen molar-refractivity contribution in [1.82, 2.24) is 10.2 Å². The molecule has 37 heavy (non-hydrogen) atoms.